The zero-order chi connectivity index (χ0) is 10.3. The summed E-state index contributed by atoms with van der Waals surface area (Å²) in [7, 11) is 0. The van der Waals surface area contributed by atoms with Crippen LogP contribution in [0.2, 0.25) is 0 Å². The highest BCUT2D eigenvalue weighted by molar-refractivity contribution is 5.00. The maximum Gasteiger partial charge on any atom is 0.253 e. The van der Waals surface area contributed by atoms with Gasteiger partial charge in [0.2, 0.25) is 0 Å². The Bertz CT molecular complexity index is 334. The van der Waals surface area contributed by atoms with Gasteiger partial charge >= 0.3 is 0 Å². The smallest absolute Gasteiger partial charge is 0.253 e. The van der Waals surface area contributed by atoms with Gasteiger partial charge in [0.25, 0.3) is 5.92 Å². The molecule has 1 heterocycles. The second kappa shape index (κ2) is 2.98. The van der Waals surface area contributed by atoms with Crippen LogP contribution in [0.1, 0.15) is 25.1 Å². The summed E-state index contributed by atoms with van der Waals surface area (Å²) in [6, 6.07) is -0.205. The number of halogens is 2. The van der Waals surface area contributed by atoms with Crippen molar-refractivity contribution < 1.29 is 8.78 Å². The molecule has 0 amide bonds. The number of hydrogen-bond donors (Lipinski definition) is 1. The molecule has 0 aliphatic heterocycles. The lowest BCUT2D eigenvalue weighted by atomic mass is 10.3. The van der Waals surface area contributed by atoms with Crippen LogP contribution in [0.3, 0.4) is 0 Å². The first-order valence-corrected chi connectivity index (χ1v) is 4.52. The summed E-state index contributed by atoms with van der Waals surface area (Å²) in [6.45, 7) is 2.01. The highest BCUT2D eigenvalue weighted by Crippen LogP contribution is 2.49. The molecule has 0 radical (unpaired) electrons. The summed E-state index contributed by atoms with van der Waals surface area (Å²) in [4.78, 5) is 0. The molecule has 78 valence electrons. The van der Waals surface area contributed by atoms with E-state index in [1.165, 1.54) is 4.68 Å². The average molecular weight is 202 g/mol. The van der Waals surface area contributed by atoms with Crippen LogP contribution in [0.25, 0.3) is 0 Å². The minimum atomic E-state index is -2.50. The number of hydrogen-bond acceptors (Lipinski definition) is 3. The van der Waals surface area contributed by atoms with Gasteiger partial charge in [0.05, 0.1) is 18.4 Å². The fourth-order valence-corrected chi connectivity index (χ4v) is 1.30. The van der Waals surface area contributed by atoms with Crippen LogP contribution < -0.4 is 5.73 Å². The molecule has 1 aromatic heterocycles. The normalized spacial score (nSPS) is 26.1. The van der Waals surface area contributed by atoms with Crippen molar-refractivity contribution in [3.8, 4) is 0 Å². The topological polar surface area (TPSA) is 56.7 Å². The average Bonchev–Trinajstić information content (AvgIpc) is 2.51. The number of rotatable bonds is 3. The molecule has 4 nitrogen and oxygen atoms in total. The molecule has 1 aromatic rings. The van der Waals surface area contributed by atoms with E-state index in [1.807, 2.05) is 0 Å². The third-order valence-electron chi connectivity index (χ3n) is 2.39. The van der Waals surface area contributed by atoms with E-state index in [0.29, 0.717) is 5.69 Å². The summed E-state index contributed by atoms with van der Waals surface area (Å²) in [6.07, 6.45) is 1.58. The quantitative estimate of drug-likeness (QED) is 0.794. The molecule has 1 aliphatic carbocycles. The van der Waals surface area contributed by atoms with Crippen LogP contribution in [0.4, 0.5) is 8.78 Å². The minimum absolute atomic E-state index is 0.0413. The van der Waals surface area contributed by atoms with Gasteiger partial charge in [-0.15, -0.1) is 5.10 Å². The van der Waals surface area contributed by atoms with Crippen LogP contribution >= 0.6 is 0 Å². The van der Waals surface area contributed by atoms with Crippen molar-refractivity contribution in [1.29, 1.82) is 0 Å². The highest BCUT2D eigenvalue weighted by Gasteiger charge is 2.56. The van der Waals surface area contributed by atoms with Crippen LogP contribution in [-0.2, 0) is 6.54 Å². The Morgan fingerprint density at radius 1 is 1.79 bits per heavy atom. The minimum Gasteiger partial charge on any atom is -0.323 e. The standard InChI is InChI=1S/C8H12F2N4/c1-5(11)7-4-14(13-12-7)3-6-2-8(6,9)10/h4-6H,2-3,11H2,1H3. The van der Waals surface area contributed by atoms with Gasteiger partial charge in [-0.05, 0) is 6.92 Å². The molecule has 0 spiro atoms. The second-order valence-electron chi connectivity index (χ2n) is 3.82. The van der Waals surface area contributed by atoms with Gasteiger partial charge in [-0.25, -0.2) is 8.78 Å². The molecule has 1 fully saturated rings. The first-order chi connectivity index (χ1) is 6.49. The largest absolute Gasteiger partial charge is 0.323 e. The number of nitrogens with zero attached hydrogens (tertiary/aromatic N) is 3. The highest BCUT2D eigenvalue weighted by atomic mass is 19.3. The van der Waals surface area contributed by atoms with E-state index >= 15 is 0 Å². The van der Waals surface area contributed by atoms with Crippen LogP contribution in [-0.4, -0.2) is 20.9 Å². The summed E-state index contributed by atoms with van der Waals surface area (Å²) >= 11 is 0. The lowest BCUT2D eigenvalue weighted by Gasteiger charge is -1.98. The van der Waals surface area contributed by atoms with Crippen molar-refractivity contribution in [3.05, 3.63) is 11.9 Å². The molecular weight excluding hydrogens is 190 g/mol. The van der Waals surface area contributed by atoms with E-state index in [1.54, 1.807) is 13.1 Å². The number of aromatic nitrogens is 3. The van der Waals surface area contributed by atoms with E-state index < -0.39 is 11.8 Å². The molecule has 14 heavy (non-hydrogen) atoms. The van der Waals surface area contributed by atoms with Crippen LogP contribution in [0.5, 0.6) is 0 Å². The number of alkyl halides is 2. The maximum atomic E-state index is 12.6. The summed E-state index contributed by atoms with van der Waals surface area (Å²) < 4.78 is 26.6. The van der Waals surface area contributed by atoms with Crippen molar-refractivity contribution >= 4 is 0 Å². The molecule has 6 heteroatoms. The molecule has 2 rings (SSSR count). The molecule has 0 saturated heterocycles. The Labute approximate surface area is 80.1 Å². The molecule has 1 saturated carbocycles. The van der Waals surface area contributed by atoms with E-state index in [2.05, 4.69) is 10.3 Å². The van der Waals surface area contributed by atoms with E-state index in [-0.39, 0.29) is 19.0 Å². The predicted molar refractivity (Wildman–Crippen MR) is 45.7 cm³/mol. The van der Waals surface area contributed by atoms with Crippen LogP contribution in [0.15, 0.2) is 6.20 Å². The van der Waals surface area contributed by atoms with Gasteiger partial charge in [-0.3, -0.25) is 4.68 Å². The van der Waals surface area contributed by atoms with Crippen LogP contribution in [0, 0.1) is 5.92 Å². The monoisotopic (exact) mass is 202 g/mol. The first-order valence-electron chi connectivity index (χ1n) is 4.52. The van der Waals surface area contributed by atoms with Gasteiger partial charge in [-0.2, -0.15) is 0 Å². The Morgan fingerprint density at radius 3 is 2.86 bits per heavy atom. The third-order valence-corrected chi connectivity index (χ3v) is 2.39. The van der Waals surface area contributed by atoms with Crippen molar-refractivity contribution in [2.45, 2.75) is 31.9 Å². The number of nitrogens with two attached hydrogens (primary N) is 1. The Balaban J connectivity index is 1.98. The van der Waals surface area contributed by atoms with E-state index in [4.69, 9.17) is 5.73 Å². The first kappa shape index (κ1) is 9.51. The van der Waals surface area contributed by atoms with E-state index in [0.717, 1.165) is 0 Å². The van der Waals surface area contributed by atoms with E-state index in [9.17, 15) is 8.78 Å². The third kappa shape index (κ3) is 1.75. The molecular formula is C8H12F2N4. The maximum absolute atomic E-state index is 12.6. The molecule has 1 aliphatic rings. The van der Waals surface area contributed by atoms with Gasteiger partial charge in [0.1, 0.15) is 0 Å². The lowest BCUT2D eigenvalue weighted by Crippen LogP contribution is -2.06. The van der Waals surface area contributed by atoms with Gasteiger partial charge < -0.3 is 5.73 Å². The SMILES string of the molecule is CC(N)c1cn(CC2CC2(F)F)nn1. The Kier molecular flexibility index (Phi) is 2.02. The molecule has 2 N–H and O–H groups in total. The van der Waals surface area contributed by atoms with Crippen molar-refractivity contribution in [2.75, 3.05) is 0 Å². The zero-order valence-corrected chi connectivity index (χ0v) is 7.82. The molecule has 0 aromatic carbocycles. The Hall–Kier alpha value is -1.04. The predicted octanol–water partition coefficient (Wildman–Crippen LogP) is 0.953. The van der Waals surface area contributed by atoms with Crippen molar-refractivity contribution in [2.24, 2.45) is 11.7 Å². The fourth-order valence-electron chi connectivity index (χ4n) is 1.30. The van der Waals surface area contributed by atoms with Gasteiger partial charge in [-0.1, -0.05) is 5.21 Å². The zero-order valence-electron chi connectivity index (χ0n) is 7.82. The molecule has 0 bridgehead atoms. The summed E-state index contributed by atoms with van der Waals surface area (Å²) in [5.41, 5.74) is 6.20. The lowest BCUT2D eigenvalue weighted by molar-refractivity contribution is 0.0941. The second-order valence-corrected chi connectivity index (χ2v) is 3.82. The van der Waals surface area contributed by atoms with Crippen molar-refractivity contribution in [1.82, 2.24) is 15.0 Å². The Morgan fingerprint density at radius 2 is 2.43 bits per heavy atom. The van der Waals surface area contributed by atoms with Gasteiger partial charge in [0.15, 0.2) is 0 Å². The molecule has 2 atom stereocenters. The van der Waals surface area contributed by atoms with Gasteiger partial charge in [0, 0.05) is 18.4 Å². The summed E-state index contributed by atoms with van der Waals surface area (Å²) in [5, 5.41) is 7.52. The molecule has 2 unspecified atom stereocenters. The fraction of sp³-hybridized carbons (Fsp3) is 0.750. The summed E-state index contributed by atoms with van der Waals surface area (Å²) in [5.74, 6) is -3.08. The van der Waals surface area contributed by atoms with Crippen molar-refractivity contribution in [3.63, 3.8) is 0 Å².